The highest BCUT2D eigenvalue weighted by Crippen LogP contribution is 2.27. The van der Waals surface area contributed by atoms with Gasteiger partial charge in [-0.1, -0.05) is 6.42 Å². The minimum Gasteiger partial charge on any atom is -0.379 e. The third-order valence-electron chi connectivity index (χ3n) is 4.16. The molecule has 3 rings (SSSR count). The maximum Gasteiger partial charge on any atom is 0.291 e. The fourth-order valence-electron chi connectivity index (χ4n) is 2.71. The standard InChI is InChI=1S/C14H20BrN3O2/c15-12-7-16-18(8-10-3-1-4-10)14(19)13(12)17-11-5-2-6-20-9-11/h7,10-11,17H,1-6,8-9H2. The highest BCUT2D eigenvalue weighted by atomic mass is 79.9. The smallest absolute Gasteiger partial charge is 0.291 e. The van der Waals surface area contributed by atoms with Gasteiger partial charge in [-0.3, -0.25) is 4.79 Å². The average molecular weight is 342 g/mol. The molecule has 1 saturated carbocycles. The molecule has 1 saturated heterocycles. The highest BCUT2D eigenvalue weighted by Gasteiger charge is 2.21. The van der Waals surface area contributed by atoms with E-state index in [0.29, 0.717) is 18.2 Å². The van der Waals surface area contributed by atoms with Crippen molar-refractivity contribution in [1.29, 1.82) is 0 Å². The van der Waals surface area contributed by atoms with Gasteiger partial charge in [0.05, 0.1) is 17.3 Å². The zero-order valence-corrected chi connectivity index (χ0v) is 13.1. The molecule has 2 aliphatic rings. The normalized spacial score (nSPS) is 23.4. The van der Waals surface area contributed by atoms with Crippen molar-refractivity contribution in [2.45, 2.75) is 44.7 Å². The Morgan fingerprint density at radius 1 is 1.40 bits per heavy atom. The van der Waals surface area contributed by atoms with Crippen molar-refractivity contribution in [3.63, 3.8) is 0 Å². The molecule has 1 aliphatic carbocycles. The number of nitrogens with zero attached hydrogens (tertiary/aromatic N) is 2. The van der Waals surface area contributed by atoms with Crippen LogP contribution in [0.1, 0.15) is 32.1 Å². The molecule has 1 aromatic heterocycles. The lowest BCUT2D eigenvalue weighted by atomic mass is 9.85. The van der Waals surface area contributed by atoms with E-state index < -0.39 is 0 Å². The second-order valence-electron chi connectivity index (χ2n) is 5.71. The number of anilines is 1. The van der Waals surface area contributed by atoms with E-state index in [9.17, 15) is 4.79 Å². The van der Waals surface area contributed by atoms with E-state index in [1.807, 2.05) is 0 Å². The van der Waals surface area contributed by atoms with Crippen molar-refractivity contribution in [3.05, 3.63) is 21.0 Å². The summed E-state index contributed by atoms with van der Waals surface area (Å²) in [4.78, 5) is 12.5. The van der Waals surface area contributed by atoms with Crippen LogP contribution >= 0.6 is 15.9 Å². The van der Waals surface area contributed by atoms with Crippen LogP contribution in [0.4, 0.5) is 5.69 Å². The van der Waals surface area contributed by atoms with Crippen molar-refractivity contribution in [3.8, 4) is 0 Å². The Bertz CT molecular complexity index is 522. The summed E-state index contributed by atoms with van der Waals surface area (Å²) in [6.07, 6.45) is 7.49. The number of halogens is 1. The Labute approximate surface area is 126 Å². The summed E-state index contributed by atoms with van der Waals surface area (Å²) in [5, 5.41) is 7.56. The largest absolute Gasteiger partial charge is 0.379 e. The van der Waals surface area contributed by atoms with Gasteiger partial charge in [-0.15, -0.1) is 0 Å². The molecule has 0 aromatic carbocycles. The summed E-state index contributed by atoms with van der Waals surface area (Å²) in [5.41, 5.74) is 0.590. The van der Waals surface area contributed by atoms with Crippen LogP contribution in [-0.2, 0) is 11.3 Å². The molecule has 1 unspecified atom stereocenters. The van der Waals surface area contributed by atoms with E-state index in [1.165, 1.54) is 19.3 Å². The molecule has 20 heavy (non-hydrogen) atoms. The van der Waals surface area contributed by atoms with Crippen LogP contribution in [0, 0.1) is 5.92 Å². The van der Waals surface area contributed by atoms with Crippen LogP contribution in [0.2, 0.25) is 0 Å². The molecular weight excluding hydrogens is 322 g/mol. The van der Waals surface area contributed by atoms with Crippen LogP contribution in [0.5, 0.6) is 0 Å². The molecule has 1 atom stereocenters. The van der Waals surface area contributed by atoms with Gasteiger partial charge in [0.25, 0.3) is 5.56 Å². The van der Waals surface area contributed by atoms with Gasteiger partial charge in [-0.2, -0.15) is 5.10 Å². The quantitative estimate of drug-likeness (QED) is 0.913. The molecule has 2 fully saturated rings. The molecule has 1 aliphatic heterocycles. The first-order valence-electron chi connectivity index (χ1n) is 7.34. The topological polar surface area (TPSA) is 56.1 Å². The molecule has 6 heteroatoms. The van der Waals surface area contributed by atoms with Crippen molar-refractivity contribution in [1.82, 2.24) is 9.78 Å². The summed E-state index contributed by atoms with van der Waals surface area (Å²) >= 11 is 3.43. The third-order valence-corrected chi connectivity index (χ3v) is 4.76. The summed E-state index contributed by atoms with van der Waals surface area (Å²) in [5.74, 6) is 0.618. The molecule has 5 nitrogen and oxygen atoms in total. The Balaban J connectivity index is 1.77. The van der Waals surface area contributed by atoms with E-state index in [1.54, 1.807) is 10.9 Å². The molecule has 0 spiro atoms. The van der Waals surface area contributed by atoms with Crippen molar-refractivity contribution >= 4 is 21.6 Å². The minimum absolute atomic E-state index is 0.0307. The van der Waals surface area contributed by atoms with Crippen LogP contribution < -0.4 is 10.9 Å². The summed E-state index contributed by atoms with van der Waals surface area (Å²) in [6.45, 7) is 2.22. The predicted octanol–water partition coefficient (Wildman–Crippen LogP) is 2.40. The minimum atomic E-state index is -0.0307. The second kappa shape index (κ2) is 6.26. The molecule has 0 amide bonds. The molecule has 1 N–H and O–H groups in total. The van der Waals surface area contributed by atoms with Crippen LogP contribution in [0.25, 0.3) is 0 Å². The van der Waals surface area contributed by atoms with Crippen molar-refractivity contribution in [2.75, 3.05) is 18.5 Å². The second-order valence-corrected chi connectivity index (χ2v) is 6.56. The van der Waals surface area contributed by atoms with Gasteiger partial charge in [-0.25, -0.2) is 4.68 Å². The summed E-state index contributed by atoms with van der Waals surface area (Å²) in [6, 6.07) is 0.215. The van der Waals surface area contributed by atoms with Crippen LogP contribution in [-0.4, -0.2) is 29.0 Å². The zero-order chi connectivity index (χ0) is 13.9. The number of ether oxygens (including phenoxy) is 1. The summed E-state index contributed by atoms with van der Waals surface area (Å²) < 4.78 is 7.79. The van der Waals surface area contributed by atoms with Gasteiger partial charge >= 0.3 is 0 Å². The highest BCUT2D eigenvalue weighted by molar-refractivity contribution is 9.10. The number of nitrogens with one attached hydrogen (secondary N) is 1. The van der Waals surface area contributed by atoms with Gasteiger partial charge < -0.3 is 10.1 Å². The number of hydrogen-bond acceptors (Lipinski definition) is 4. The van der Waals surface area contributed by atoms with Gasteiger partial charge in [0.1, 0.15) is 5.69 Å². The monoisotopic (exact) mass is 341 g/mol. The maximum atomic E-state index is 12.5. The average Bonchev–Trinajstić information content (AvgIpc) is 2.42. The SMILES string of the molecule is O=c1c(NC2CCCOC2)c(Br)cnn1CC1CCC1. The van der Waals surface area contributed by atoms with Crippen molar-refractivity contribution < 1.29 is 4.74 Å². The predicted molar refractivity (Wildman–Crippen MR) is 81.0 cm³/mol. The van der Waals surface area contributed by atoms with E-state index >= 15 is 0 Å². The lowest BCUT2D eigenvalue weighted by molar-refractivity contribution is 0.0875. The Kier molecular flexibility index (Phi) is 4.41. The Hall–Kier alpha value is -0.880. The fraction of sp³-hybridized carbons (Fsp3) is 0.714. The van der Waals surface area contributed by atoms with Gasteiger partial charge in [-0.05, 0) is 47.5 Å². The molecule has 110 valence electrons. The van der Waals surface area contributed by atoms with E-state index in [4.69, 9.17) is 4.74 Å². The first-order valence-corrected chi connectivity index (χ1v) is 8.13. The Morgan fingerprint density at radius 3 is 2.90 bits per heavy atom. The first kappa shape index (κ1) is 14.1. The third kappa shape index (κ3) is 3.06. The van der Waals surface area contributed by atoms with Gasteiger partial charge in [0.15, 0.2) is 0 Å². The van der Waals surface area contributed by atoms with Gasteiger partial charge in [0, 0.05) is 19.2 Å². The van der Waals surface area contributed by atoms with Crippen LogP contribution in [0.15, 0.2) is 15.5 Å². The van der Waals surface area contributed by atoms with Crippen molar-refractivity contribution in [2.24, 2.45) is 5.92 Å². The van der Waals surface area contributed by atoms with Crippen LogP contribution in [0.3, 0.4) is 0 Å². The number of aromatic nitrogens is 2. The summed E-state index contributed by atoms with van der Waals surface area (Å²) in [7, 11) is 0. The molecule has 0 radical (unpaired) electrons. The van der Waals surface area contributed by atoms with Gasteiger partial charge in [0.2, 0.25) is 0 Å². The zero-order valence-electron chi connectivity index (χ0n) is 11.5. The molecule has 0 bridgehead atoms. The van der Waals surface area contributed by atoms with E-state index in [2.05, 4.69) is 26.3 Å². The van der Waals surface area contributed by atoms with E-state index in [-0.39, 0.29) is 11.6 Å². The number of hydrogen-bond donors (Lipinski definition) is 1. The first-order chi connectivity index (χ1) is 9.74. The molecule has 2 heterocycles. The molecular formula is C14H20BrN3O2. The maximum absolute atomic E-state index is 12.5. The fourth-order valence-corrected chi connectivity index (χ4v) is 3.08. The van der Waals surface area contributed by atoms with E-state index in [0.717, 1.165) is 30.5 Å². The lowest BCUT2D eigenvalue weighted by Gasteiger charge is -2.26. The number of rotatable bonds is 4. The lowest BCUT2D eigenvalue weighted by Crippen LogP contribution is -2.36. The Morgan fingerprint density at radius 2 is 2.25 bits per heavy atom. The molecule has 1 aromatic rings.